The zero-order valence-corrected chi connectivity index (χ0v) is 18.2. The van der Waals surface area contributed by atoms with Gasteiger partial charge in [-0.15, -0.1) is 11.8 Å². The van der Waals surface area contributed by atoms with Crippen LogP contribution in [-0.4, -0.2) is 40.6 Å². The molecule has 2 unspecified atom stereocenters. The van der Waals surface area contributed by atoms with Gasteiger partial charge in [-0.2, -0.15) is 0 Å². The minimum Gasteiger partial charge on any atom is -0.325 e. The predicted octanol–water partition coefficient (Wildman–Crippen LogP) is 4.16. The molecule has 2 aromatic rings. The van der Waals surface area contributed by atoms with E-state index < -0.39 is 23.1 Å². The lowest BCUT2D eigenvalue weighted by Crippen LogP contribution is -2.63. The van der Waals surface area contributed by atoms with Crippen molar-refractivity contribution in [1.29, 1.82) is 0 Å². The zero-order chi connectivity index (χ0) is 22.3. The van der Waals surface area contributed by atoms with Gasteiger partial charge in [0.2, 0.25) is 5.91 Å². The Labute approximate surface area is 184 Å². The third-order valence-corrected chi connectivity index (χ3v) is 6.66. The van der Waals surface area contributed by atoms with Gasteiger partial charge < -0.3 is 10.2 Å². The minimum atomic E-state index is -0.598. The van der Waals surface area contributed by atoms with E-state index >= 15 is 0 Å². The summed E-state index contributed by atoms with van der Waals surface area (Å²) in [5.74, 6) is -1.15. The summed E-state index contributed by atoms with van der Waals surface area (Å²) >= 11 is 1.31. The highest BCUT2D eigenvalue weighted by Crippen LogP contribution is 2.36. The molecule has 2 aromatic carbocycles. The number of urea groups is 1. The molecule has 4 rings (SSSR count). The van der Waals surface area contributed by atoms with Crippen LogP contribution < -0.4 is 10.2 Å². The van der Waals surface area contributed by atoms with Crippen molar-refractivity contribution >= 4 is 41.0 Å². The van der Waals surface area contributed by atoms with E-state index in [0.717, 1.165) is 16.0 Å². The molecule has 2 atom stereocenters. The average molecular weight is 440 g/mol. The SMILES string of the molecule is Cc1ccc(NC(=O)CN2C(=O)N(c3ccc(F)c(C)c3)C(=O)C3SC=CC32)cc1C. The van der Waals surface area contributed by atoms with E-state index in [-0.39, 0.29) is 18.4 Å². The van der Waals surface area contributed by atoms with Crippen LogP contribution >= 0.6 is 11.8 Å². The standard InChI is InChI=1S/C23H22FN3O3S/c1-13-4-5-16(10-14(13)2)25-20(28)12-26-19-8-9-31-21(19)22(29)27(23(26)30)17-6-7-18(24)15(3)11-17/h4-11,19,21H,12H2,1-3H3,(H,25,28). The lowest BCUT2D eigenvalue weighted by molar-refractivity contribution is -0.121. The number of halogens is 1. The fourth-order valence-corrected chi connectivity index (χ4v) is 4.74. The molecule has 1 fully saturated rings. The van der Waals surface area contributed by atoms with Crippen LogP contribution in [0.3, 0.4) is 0 Å². The van der Waals surface area contributed by atoms with Crippen molar-refractivity contribution in [3.63, 3.8) is 0 Å². The maximum Gasteiger partial charge on any atom is 0.332 e. The van der Waals surface area contributed by atoms with Crippen molar-refractivity contribution in [1.82, 2.24) is 4.90 Å². The number of thioether (sulfide) groups is 1. The summed E-state index contributed by atoms with van der Waals surface area (Å²) in [4.78, 5) is 41.5. The van der Waals surface area contributed by atoms with Crippen molar-refractivity contribution in [2.75, 3.05) is 16.8 Å². The Balaban J connectivity index is 1.59. The van der Waals surface area contributed by atoms with Gasteiger partial charge >= 0.3 is 6.03 Å². The zero-order valence-electron chi connectivity index (χ0n) is 17.4. The monoisotopic (exact) mass is 439 g/mol. The fraction of sp³-hybridized carbons (Fsp3) is 0.261. The summed E-state index contributed by atoms with van der Waals surface area (Å²) in [5.41, 5.74) is 3.43. The normalized spacial score (nSPS) is 20.3. The maximum atomic E-state index is 13.7. The lowest BCUT2D eigenvalue weighted by Gasteiger charge is -2.40. The third kappa shape index (κ3) is 3.95. The van der Waals surface area contributed by atoms with Gasteiger partial charge in [0.15, 0.2) is 0 Å². The topological polar surface area (TPSA) is 69.7 Å². The van der Waals surface area contributed by atoms with E-state index in [9.17, 15) is 18.8 Å². The molecule has 31 heavy (non-hydrogen) atoms. The molecule has 0 spiro atoms. The molecule has 0 bridgehead atoms. The van der Waals surface area contributed by atoms with Crippen molar-refractivity contribution < 1.29 is 18.8 Å². The first kappa shape index (κ1) is 21.1. The molecule has 160 valence electrons. The van der Waals surface area contributed by atoms with Crippen LogP contribution in [0, 0.1) is 26.6 Å². The number of hydrogen-bond acceptors (Lipinski definition) is 4. The largest absolute Gasteiger partial charge is 0.332 e. The number of hydrogen-bond donors (Lipinski definition) is 1. The predicted molar refractivity (Wildman–Crippen MR) is 120 cm³/mol. The van der Waals surface area contributed by atoms with Crippen LogP contribution in [0.4, 0.5) is 20.6 Å². The highest BCUT2D eigenvalue weighted by Gasteiger charge is 2.48. The molecule has 2 aliphatic rings. The maximum absolute atomic E-state index is 13.7. The first-order valence-electron chi connectivity index (χ1n) is 9.86. The number of carbonyl (C=O) groups is 3. The average Bonchev–Trinajstić information content (AvgIpc) is 3.21. The van der Waals surface area contributed by atoms with Crippen LogP contribution in [-0.2, 0) is 9.59 Å². The van der Waals surface area contributed by atoms with Crippen molar-refractivity contribution in [2.24, 2.45) is 0 Å². The van der Waals surface area contributed by atoms with Gasteiger partial charge in [-0.3, -0.25) is 9.59 Å². The fourth-order valence-electron chi connectivity index (χ4n) is 3.69. The Kier molecular flexibility index (Phi) is 5.58. The van der Waals surface area contributed by atoms with Gasteiger partial charge in [-0.25, -0.2) is 14.1 Å². The summed E-state index contributed by atoms with van der Waals surface area (Å²) in [6.45, 7) is 5.31. The number of aryl methyl sites for hydroxylation is 3. The Bertz CT molecular complexity index is 1120. The van der Waals surface area contributed by atoms with Crippen LogP contribution in [0.25, 0.3) is 0 Å². The smallest absolute Gasteiger partial charge is 0.325 e. The molecule has 1 N–H and O–H groups in total. The first-order valence-corrected chi connectivity index (χ1v) is 10.8. The minimum absolute atomic E-state index is 0.207. The third-order valence-electron chi connectivity index (χ3n) is 5.58. The molecule has 0 radical (unpaired) electrons. The molecular weight excluding hydrogens is 417 g/mol. The van der Waals surface area contributed by atoms with E-state index in [1.807, 2.05) is 32.0 Å². The van der Waals surface area contributed by atoms with Crippen LogP contribution in [0.15, 0.2) is 47.9 Å². The molecule has 2 heterocycles. The Hall–Kier alpha value is -3.13. The summed E-state index contributed by atoms with van der Waals surface area (Å²) in [6, 6.07) is 8.59. The molecule has 6 nitrogen and oxygen atoms in total. The number of anilines is 2. The van der Waals surface area contributed by atoms with Crippen molar-refractivity contribution in [2.45, 2.75) is 32.1 Å². The molecule has 0 saturated carbocycles. The number of amides is 4. The van der Waals surface area contributed by atoms with Gasteiger partial charge in [0, 0.05) is 5.69 Å². The number of nitrogens with one attached hydrogen (secondary N) is 1. The van der Waals surface area contributed by atoms with E-state index in [1.165, 1.54) is 34.9 Å². The van der Waals surface area contributed by atoms with Crippen LogP contribution in [0.5, 0.6) is 0 Å². The number of carbonyl (C=O) groups excluding carboxylic acids is 3. The number of rotatable bonds is 4. The van der Waals surface area contributed by atoms with E-state index in [0.29, 0.717) is 16.9 Å². The second-order valence-electron chi connectivity index (χ2n) is 7.74. The Morgan fingerprint density at radius 2 is 1.84 bits per heavy atom. The van der Waals surface area contributed by atoms with Gasteiger partial charge in [0.25, 0.3) is 5.91 Å². The summed E-state index contributed by atoms with van der Waals surface area (Å²) in [5, 5.41) is 4.05. The van der Waals surface area contributed by atoms with Crippen LogP contribution in [0.1, 0.15) is 16.7 Å². The van der Waals surface area contributed by atoms with Gasteiger partial charge in [0.1, 0.15) is 17.6 Å². The number of fused-ring (bicyclic) bond motifs is 1. The quantitative estimate of drug-likeness (QED) is 0.777. The van der Waals surface area contributed by atoms with Crippen molar-refractivity contribution in [3.8, 4) is 0 Å². The van der Waals surface area contributed by atoms with E-state index in [4.69, 9.17) is 0 Å². The Morgan fingerprint density at radius 1 is 1.06 bits per heavy atom. The van der Waals surface area contributed by atoms with E-state index in [2.05, 4.69) is 5.32 Å². The highest BCUT2D eigenvalue weighted by molar-refractivity contribution is 8.03. The molecule has 0 aliphatic carbocycles. The van der Waals surface area contributed by atoms with E-state index in [1.54, 1.807) is 18.4 Å². The molecule has 0 aromatic heterocycles. The summed E-state index contributed by atoms with van der Waals surface area (Å²) < 4.78 is 13.7. The first-order chi connectivity index (χ1) is 14.8. The van der Waals surface area contributed by atoms with Crippen molar-refractivity contribution in [3.05, 3.63) is 70.4 Å². The molecule has 1 saturated heterocycles. The molecular formula is C23H22FN3O3S. The number of benzene rings is 2. The van der Waals surface area contributed by atoms with Gasteiger partial charge in [0.05, 0.1) is 11.7 Å². The summed E-state index contributed by atoms with van der Waals surface area (Å²) in [6.07, 6.45) is 1.77. The Morgan fingerprint density at radius 3 is 2.55 bits per heavy atom. The van der Waals surface area contributed by atoms with Gasteiger partial charge in [-0.05, 0) is 73.2 Å². The second kappa shape index (κ2) is 8.19. The lowest BCUT2D eigenvalue weighted by atomic mass is 10.1. The molecule has 2 aliphatic heterocycles. The molecule has 4 amide bonds. The highest BCUT2D eigenvalue weighted by atomic mass is 32.2. The number of nitrogens with zero attached hydrogens (tertiary/aromatic N) is 2. The molecule has 8 heteroatoms. The summed E-state index contributed by atoms with van der Waals surface area (Å²) in [7, 11) is 0. The van der Waals surface area contributed by atoms with Crippen LogP contribution in [0.2, 0.25) is 0 Å². The van der Waals surface area contributed by atoms with Gasteiger partial charge in [-0.1, -0.05) is 12.1 Å². The number of imide groups is 1. The second-order valence-corrected chi connectivity index (χ2v) is 8.79.